The first kappa shape index (κ1) is 13.5. The van der Waals surface area contributed by atoms with Gasteiger partial charge in [0.15, 0.2) is 0 Å². The molecule has 1 aromatic rings. The first-order valence-corrected chi connectivity index (χ1v) is 6.69. The smallest absolute Gasteiger partial charge is 0.256 e. The summed E-state index contributed by atoms with van der Waals surface area (Å²) in [6, 6.07) is 4.54. The molecule has 1 aliphatic heterocycles. The first-order chi connectivity index (χ1) is 8.59. The number of hydrogen-bond acceptors (Lipinski definition) is 2. The maximum absolute atomic E-state index is 13.7. The zero-order valence-corrected chi connectivity index (χ0v) is 11.7. The topological polar surface area (TPSA) is 29.5 Å². The van der Waals surface area contributed by atoms with Crippen molar-refractivity contribution in [2.24, 2.45) is 0 Å². The van der Waals surface area contributed by atoms with Gasteiger partial charge < -0.3 is 9.64 Å². The second kappa shape index (κ2) is 5.80. The van der Waals surface area contributed by atoms with Gasteiger partial charge in [-0.25, -0.2) is 4.39 Å². The molecule has 3 nitrogen and oxygen atoms in total. The Labute approximate surface area is 114 Å². The highest BCUT2D eigenvalue weighted by Gasteiger charge is 2.25. The fraction of sp³-hybridized carbons (Fsp3) is 0.462. The van der Waals surface area contributed by atoms with Crippen molar-refractivity contribution in [1.29, 1.82) is 0 Å². The van der Waals surface area contributed by atoms with E-state index in [0.29, 0.717) is 17.7 Å². The molecular formula is C13H15BrFNO2. The van der Waals surface area contributed by atoms with Crippen molar-refractivity contribution >= 4 is 21.8 Å². The SMILES string of the molecule is CN(C(=O)c1cc(Br)ccc1F)C1CCOCC1. The van der Waals surface area contributed by atoms with Crippen LogP contribution in [0.3, 0.4) is 0 Å². The van der Waals surface area contributed by atoms with Crippen molar-refractivity contribution in [2.75, 3.05) is 20.3 Å². The number of ether oxygens (including phenoxy) is 1. The van der Waals surface area contributed by atoms with Crippen LogP contribution in [0.4, 0.5) is 4.39 Å². The van der Waals surface area contributed by atoms with E-state index >= 15 is 0 Å². The summed E-state index contributed by atoms with van der Waals surface area (Å²) in [6.45, 7) is 1.31. The minimum absolute atomic E-state index is 0.110. The quantitative estimate of drug-likeness (QED) is 0.840. The monoisotopic (exact) mass is 315 g/mol. The highest BCUT2D eigenvalue weighted by Crippen LogP contribution is 2.20. The molecule has 0 spiro atoms. The van der Waals surface area contributed by atoms with Crippen LogP contribution < -0.4 is 0 Å². The molecule has 0 aromatic heterocycles. The maximum Gasteiger partial charge on any atom is 0.256 e. The summed E-state index contributed by atoms with van der Waals surface area (Å²) >= 11 is 3.25. The summed E-state index contributed by atoms with van der Waals surface area (Å²) in [6.07, 6.45) is 1.61. The van der Waals surface area contributed by atoms with Gasteiger partial charge in [-0.1, -0.05) is 15.9 Å². The van der Waals surface area contributed by atoms with E-state index in [1.54, 1.807) is 18.0 Å². The number of amides is 1. The van der Waals surface area contributed by atoms with Crippen LogP contribution in [0.1, 0.15) is 23.2 Å². The molecule has 1 aromatic carbocycles. The van der Waals surface area contributed by atoms with E-state index in [0.717, 1.165) is 12.8 Å². The minimum Gasteiger partial charge on any atom is -0.381 e. The van der Waals surface area contributed by atoms with E-state index < -0.39 is 5.82 Å². The summed E-state index contributed by atoms with van der Waals surface area (Å²) in [7, 11) is 1.72. The molecule has 1 heterocycles. The lowest BCUT2D eigenvalue weighted by atomic mass is 10.1. The third-order valence-corrected chi connectivity index (χ3v) is 3.71. The molecule has 1 fully saturated rings. The van der Waals surface area contributed by atoms with Crippen molar-refractivity contribution in [1.82, 2.24) is 4.90 Å². The highest BCUT2D eigenvalue weighted by atomic mass is 79.9. The zero-order chi connectivity index (χ0) is 13.1. The lowest BCUT2D eigenvalue weighted by Crippen LogP contribution is -2.40. The third-order valence-electron chi connectivity index (χ3n) is 3.22. The maximum atomic E-state index is 13.7. The Morgan fingerprint density at radius 1 is 1.44 bits per heavy atom. The number of carbonyl (C=O) groups is 1. The molecule has 0 aliphatic carbocycles. The molecule has 5 heteroatoms. The molecule has 98 valence electrons. The van der Waals surface area contributed by atoms with Crippen LogP contribution in [-0.4, -0.2) is 37.1 Å². The molecule has 0 saturated carbocycles. The van der Waals surface area contributed by atoms with Crippen LogP contribution in [0.2, 0.25) is 0 Å². The van der Waals surface area contributed by atoms with Crippen molar-refractivity contribution in [3.63, 3.8) is 0 Å². The molecule has 18 heavy (non-hydrogen) atoms. The van der Waals surface area contributed by atoms with Gasteiger partial charge in [-0.2, -0.15) is 0 Å². The van der Waals surface area contributed by atoms with E-state index in [1.165, 1.54) is 12.1 Å². The number of nitrogens with zero attached hydrogens (tertiary/aromatic N) is 1. The Hall–Kier alpha value is -0.940. The van der Waals surface area contributed by atoms with Gasteiger partial charge in [0, 0.05) is 30.8 Å². The van der Waals surface area contributed by atoms with Gasteiger partial charge in [-0.05, 0) is 31.0 Å². The van der Waals surface area contributed by atoms with E-state index in [9.17, 15) is 9.18 Å². The summed E-state index contributed by atoms with van der Waals surface area (Å²) in [5, 5.41) is 0. The second-order valence-corrected chi connectivity index (χ2v) is 5.30. The number of hydrogen-bond donors (Lipinski definition) is 0. The van der Waals surface area contributed by atoms with Gasteiger partial charge in [0.2, 0.25) is 0 Å². The largest absolute Gasteiger partial charge is 0.381 e. The fourth-order valence-electron chi connectivity index (χ4n) is 2.09. The Bertz CT molecular complexity index is 447. The standard InChI is InChI=1S/C13H15BrFNO2/c1-16(10-4-6-18-7-5-10)13(17)11-8-9(14)2-3-12(11)15/h2-3,8,10H,4-7H2,1H3. The Morgan fingerprint density at radius 3 is 2.78 bits per heavy atom. The van der Waals surface area contributed by atoms with Crippen LogP contribution in [0, 0.1) is 5.82 Å². The molecule has 0 atom stereocenters. The Morgan fingerprint density at radius 2 is 2.11 bits per heavy atom. The predicted molar refractivity (Wildman–Crippen MR) is 70.0 cm³/mol. The predicted octanol–water partition coefficient (Wildman–Crippen LogP) is 2.84. The van der Waals surface area contributed by atoms with Gasteiger partial charge >= 0.3 is 0 Å². The van der Waals surface area contributed by atoms with E-state index in [4.69, 9.17) is 4.74 Å². The minimum atomic E-state index is -0.484. The van der Waals surface area contributed by atoms with Crippen molar-refractivity contribution in [3.05, 3.63) is 34.1 Å². The van der Waals surface area contributed by atoms with Gasteiger partial charge in [0.25, 0.3) is 5.91 Å². The molecule has 1 aliphatic rings. The zero-order valence-electron chi connectivity index (χ0n) is 10.2. The number of halogens is 2. The number of carbonyl (C=O) groups excluding carboxylic acids is 1. The summed E-state index contributed by atoms with van der Waals surface area (Å²) < 4.78 is 19.6. The van der Waals surface area contributed by atoms with Crippen LogP contribution in [0.25, 0.3) is 0 Å². The van der Waals surface area contributed by atoms with E-state index in [2.05, 4.69) is 15.9 Å². The van der Waals surface area contributed by atoms with Gasteiger partial charge in [0.05, 0.1) is 5.56 Å². The molecule has 2 rings (SSSR count). The molecule has 1 amide bonds. The lowest BCUT2D eigenvalue weighted by Gasteiger charge is -2.31. The molecule has 0 bridgehead atoms. The van der Waals surface area contributed by atoms with Crippen LogP contribution in [-0.2, 0) is 4.74 Å². The summed E-state index contributed by atoms with van der Waals surface area (Å²) in [5.74, 6) is -0.761. The van der Waals surface area contributed by atoms with Crippen molar-refractivity contribution < 1.29 is 13.9 Å². The third kappa shape index (κ3) is 2.90. The van der Waals surface area contributed by atoms with E-state index in [-0.39, 0.29) is 17.5 Å². The second-order valence-electron chi connectivity index (χ2n) is 4.38. The fourth-order valence-corrected chi connectivity index (χ4v) is 2.45. The molecule has 0 radical (unpaired) electrons. The summed E-state index contributed by atoms with van der Waals surface area (Å²) in [5.41, 5.74) is 0.110. The van der Waals surface area contributed by atoms with Crippen LogP contribution in [0.15, 0.2) is 22.7 Å². The number of benzene rings is 1. The Kier molecular flexibility index (Phi) is 4.35. The average molecular weight is 316 g/mol. The lowest BCUT2D eigenvalue weighted by molar-refractivity contribution is 0.0359. The molecule has 0 unspecified atom stereocenters. The van der Waals surface area contributed by atoms with Gasteiger partial charge in [0.1, 0.15) is 5.82 Å². The average Bonchev–Trinajstić information content (AvgIpc) is 2.41. The van der Waals surface area contributed by atoms with Crippen molar-refractivity contribution in [2.45, 2.75) is 18.9 Å². The van der Waals surface area contributed by atoms with Crippen LogP contribution in [0.5, 0.6) is 0 Å². The normalized spacial score (nSPS) is 16.6. The Balaban J connectivity index is 2.16. The molecule has 0 N–H and O–H groups in total. The first-order valence-electron chi connectivity index (χ1n) is 5.89. The van der Waals surface area contributed by atoms with E-state index in [1.807, 2.05) is 0 Å². The molecule has 1 saturated heterocycles. The number of rotatable bonds is 2. The van der Waals surface area contributed by atoms with Gasteiger partial charge in [-0.15, -0.1) is 0 Å². The highest BCUT2D eigenvalue weighted by molar-refractivity contribution is 9.10. The van der Waals surface area contributed by atoms with Crippen molar-refractivity contribution in [3.8, 4) is 0 Å². The summed E-state index contributed by atoms with van der Waals surface area (Å²) in [4.78, 5) is 13.9. The van der Waals surface area contributed by atoms with Crippen LogP contribution >= 0.6 is 15.9 Å². The van der Waals surface area contributed by atoms with Gasteiger partial charge in [-0.3, -0.25) is 4.79 Å². The molecular weight excluding hydrogens is 301 g/mol.